The second-order valence-corrected chi connectivity index (χ2v) is 9.37. The molecule has 0 spiro atoms. The minimum absolute atomic E-state index is 0. The maximum atomic E-state index is 11.6. The molecule has 9 heteroatoms. The molecular weight excluding hydrogens is 491 g/mol. The number of ether oxygens (including phenoxy) is 1. The van der Waals surface area contributed by atoms with Crippen molar-refractivity contribution in [3.63, 3.8) is 0 Å². The number of halogens is 1. The first-order valence-corrected chi connectivity index (χ1v) is 12.3. The Labute approximate surface area is 189 Å². The Bertz CT molecular complexity index is 537. The molecule has 7 nitrogen and oxygen atoms in total. The first-order valence-electron chi connectivity index (χ1n) is 10.4. The molecule has 0 aromatic rings. The zero-order valence-corrected chi connectivity index (χ0v) is 21.3. The van der Waals surface area contributed by atoms with Gasteiger partial charge in [0.1, 0.15) is 0 Å². The van der Waals surface area contributed by atoms with Gasteiger partial charge in [0.05, 0.1) is 6.26 Å². The predicted molar refractivity (Wildman–Crippen MR) is 128 cm³/mol. The Morgan fingerprint density at radius 2 is 1.86 bits per heavy atom. The molecule has 0 atom stereocenters. The molecule has 2 N–H and O–H groups in total. The lowest BCUT2D eigenvalue weighted by Crippen LogP contribution is -2.40. The molecular formula is C19H41IN4O3S. The molecule has 0 amide bonds. The van der Waals surface area contributed by atoms with Crippen LogP contribution in [-0.2, 0) is 14.8 Å². The molecule has 0 radical (unpaired) electrons. The largest absolute Gasteiger partial charge is 0.382 e. The van der Waals surface area contributed by atoms with Gasteiger partial charge in [-0.25, -0.2) is 12.7 Å². The van der Waals surface area contributed by atoms with Gasteiger partial charge in [0.15, 0.2) is 5.96 Å². The smallest absolute Gasteiger partial charge is 0.211 e. The molecule has 0 aromatic carbocycles. The van der Waals surface area contributed by atoms with Crippen LogP contribution < -0.4 is 10.6 Å². The van der Waals surface area contributed by atoms with Crippen molar-refractivity contribution in [3.8, 4) is 0 Å². The second-order valence-electron chi connectivity index (χ2n) is 7.38. The van der Waals surface area contributed by atoms with Gasteiger partial charge in [0, 0.05) is 45.9 Å². The van der Waals surface area contributed by atoms with Gasteiger partial charge in [-0.1, -0.05) is 19.8 Å². The predicted octanol–water partition coefficient (Wildman–Crippen LogP) is 2.82. The molecule has 1 aliphatic carbocycles. The minimum Gasteiger partial charge on any atom is -0.382 e. The van der Waals surface area contributed by atoms with Crippen molar-refractivity contribution in [2.75, 3.05) is 52.2 Å². The Morgan fingerprint density at radius 1 is 1.18 bits per heavy atom. The highest BCUT2D eigenvalue weighted by molar-refractivity contribution is 14.0. The van der Waals surface area contributed by atoms with E-state index in [2.05, 4.69) is 17.6 Å². The fraction of sp³-hybridized carbons (Fsp3) is 0.947. The molecule has 1 aliphatic rings. The number of hydrogen-bond donors (Lipinski definition) is 2. The summed E-state index contributed by atoms with van der Waals surface area (Å²) >= 11 is 0. The van der Waals surface area contributed by atoms with Gasteiger partial charge < -0.3 is 15.4 Å². The van der Waals surface area contributed by atoms with E-state index in [1.54, 1.807) is 0 Å². The topological polar surface area (TPSA) is 83.0 Å². The lowest BCUT2D eigenvalue weighted by Gasteiger charge is -2.27. The van der Waals surface area contributed by atoms with Gasteiger partial charge in [-0.3, -0.25) is 4.99 Å². The highest BCUT2D eigenvalue weighted by Gasteiger charge is 2.33. The average molecular weight is 533 g/mol. The summed E-state index contributed by atoms with van der Waals surface area (Å²) in [5.74, 6) is 0.822. The van der Waals surface area contributed by atoms with Crippen molar-refractivity contribution in [1.82, 2.24) is 14.9 Å². The van der Waals surface area contributed by atoms with E-state index in [9.17, 15) is 8.42 Å². The van der Waals surface area contributed by atoms with Crippen LogP contribution in [0.3, 0.4) is 0 Å². The summed E-state index contributed by atoms with van der Waals surface area (Å²) in [5.41, 5.74) is 0.271. The van der Waals surface area contributed by atoms with Gasteiger partial charge >= 0.3 is 0 Å². The van der Waals surface area contributed by atoms with Gasteiger partial charge in [0.2, 0.25) is 10.0 Å². The lowest BCUT2D eigenvalue weighted by molar-refractivity contribution is 0.107. The third kappa shape index (κ3) is 10.6. The number of nitrogens with one attached hydrogen (secondary N) is 2. The molecule has 1 rings (SSSR count). The summed E-state index contributed by atoms with van der Waals surface area (Å²) in [7, 11) is -3.12. The van der Waals surface area contributed by atoms with Crippen LogP contribution in [0.15, 0.2) is 4.99 Å². The maximum absolute atomic E-state index is 11.6. The zero-order chi connectivity index (χ0) is 20.2. The highest BCUT2D eigenvalue weighted by atomic mass is 127. The normalized spacial score (nSPS) is 16.8. The summed E-state index contributed by atoms with van der Waals surface area (Å²) in [4.78, 5) is 4.84. The quantitative estimate of drug-likeness (QED) is 0.165. The van der Waals surface area contributed by atoms with E-state index in [4.69, 9.17) is 9.73 Å². The average Bonchev–Trinajstić information content (AvgIpc) is 3.08. The molecule has 0 saturated heterocycles. The van der Waals surface area contributed by atoms with Gasteiger partial charge in [0.25, 0.3) is 0 Å². The number of guanidine groups is 1. The summed E-state index contributed by atoms with van der Waals surface area (Å²) in [6.45, 7) is 10.9. The maximum Gasteiger partial charge on any atom is 0.211 e. The lowest BCUT2D eigenvalue weighted by atomic mass is 9.83. The van der Waals surface area contributed by atoms with Crippen LogP contribution in [-0.4, -0.2) is 70.9 Å². The van der Waals surface area contributed by atoms with E-state index in [1.165, 1.54) is 36.2 Å². The molecule has 28 heavy (non-hydrogen) atoms. The first-order chi connectivity index (χ1) is 12.9. The van der Waals surface area contributed by atoms with Crippen LogP contribution >= 0.6 is 24.0 Å². The van der Waals surface area contributed by atoms with Crippen LogP contribution in [0.5, 0.6) is 0 Å². The van der Waals surface area contributed by atoms with Crippen molar-refractivity contribution in [2.45, 2.75) is 59.3 Å². The third-order valence-electron chi connectivity index (χ3n) is 5.26. The van der Waals surface area contributed by atoms with Crippen molar-refractivity contribution >= 4 is 40.0 Å². The van der Waals surface area contributed by atoms with Crippen molar-refractivity contribution in [1.29, 1.82) is 0 Å². The fourth-order valence-electron chi connectivity index (χ4n) is 3.65. The fourth-order valence-corrected chi connectivity index (χ4v) is 4.58. The Hall–Kier alpha value is -0.130. The summed E-state index contributed by atoms with van der Waals surface area (Å²) < 4.78 is 30.4. The number of rotatable bonds is 13. The third-order valence-corrected chi connectivity index (χ3v) is 6.64. The molecule has 1 fully saturated rings. The number of hydrogen-bond acceptors (Lipinski definition) is 4. The molecule has 0 bridgehead atoms. The summed E-state index contributed by atoms with van der Waals surface area (Å²) in [5, 5.41) is 6.65. The van der Waals surface area contributed by atoms with E-state index in [0.29, 0.717) is 19.6 Å². The standard InChI is InChI=1S/C19H40N4O3S.HI/c1-5-20-18(21-14-10-15-23(6-2)27(4,24)25)22-17-19(11-8-9-12-19)13-16-26-7-3;/h5-17H2,1-4H3,(H2,20,21,22);1H. The van der Waals surface area contributed by atoms with E-state index in [-0.39, 0.29) is 29.4 Å². The zero-order valence-electron chi connectivity index (χ0n) is 18.1. The van der Waals surface area contributed by atoms with Gasteiger partial charge in [-0.2, -0.15) is 0 Å². The molecule has 0 aliphatic heterocycles. The van der Waals surface area contributed by atoms with Gasteiger partial charge in [-0.15, -0.1) is 24.0 Å². The van der Waals surface area contributed by atoms with Crippen LogP contribution in [0.2, 0.25) is 0 Å². The van der Waals surface area contributed by atoms with Crippen molar-refractivity contribution < 1.29 is 13.2 Å². The summed E-state index contributed by atoms with van der Waals surface area (Å²) in [6.07, 6.45) is 8.10. The van der Waals surface area contributed by atoms with Crippen molar-refractivity contribution in [2.24, 2.45) is 10.4 Å². The molecule has 0 aromatic heterocycles. The summed E-state index contributed by atoms with van der Waals surface area (Å²) in [6, 6.07) is 0. The van der Waals surface area contributed by atoms with Crippen LogP contribution in [0.25, 0.3) is 0 Å². The number of aliphatic imine (C=N–C) groups is 1. The van der Waals surface area contributed by atoms with E-state index in [1.807, 2.05) is 13.8 Å². The van der Waals surface area contributed by atoms with Crippen LogP contribution in [0.1, 0.15) is 59.3 Å². The van der Waals surface area contributed by atoms with Gasteiger partial charge in [-0.05, 0) is 44.9 Å². The first kappa shape index (κ1) is 27.9. The highest BCUT2D eigenvalue weighted by Crippen LogP contribution is 2.41. The Balaban J connectivity index is 0.00000729. The Kier molecular flexibility index (Phi) is 14.7. The van der Waals surface area contributed by atoms with Crippen LogP contribution in [0, 0.1) is 5.41 Å². The molecule has 0 unspecified atom stereocenters. The Morgan fingerprint density at radius 3 is 2.39 bits per heavy atom. The number of nitrogens with zero attached hydrogens (tertiary/aromatic N) is 2. The number of sulfonamides is 1. The monoisotopic (exact) mass is 532 g/mol. The van der Waals surface area contributed by atoms with E-state index < -0.39 is 10.0 Å². The molecule has 0 heterocycles. The van der Waals surface area contributed by atoms with Crippen molar-refractivity contribution in [3.05, 3.63) is 0 Å². The van der Waals surface area contributed by atoms with E-state index >= 15 is 0 Å². The molecule has 1 saturated carbocycles. The minimum atomic E-state index is -3.12. The SMILES string of the molecule is CCNC(=NCC1(CCOCC)CCCC1)NCCCN(CC)S(C)(=O)=O.I. The van der Waals surface area contributed by atoms with Crippen LogP contribution in [0.4, 0.5) is 0 Å². The molecule has 168 valence electrons. The second kappa shape index (κ2) is 14.8. The van der Waals surface area contributed by atoms with E-state index in [0.717, 1.165) is 45.1 Å².